The third-order valence-electron chi connectivity index (χ3n) is 4.02. The Morgan fingerprint density at radius 2 is 2.29 bits per heavy atom. The van der Waals surface area contributed by atoms with Gasteiger partial charge in [-0.1, -0.05) is 0 Å². The molecule has 1 unspecified atom stereocenters. The molecule has 1 heterocycles. The molecule has 0 bridgehead atoms. The molecule has 1 aromatic rings. The van der Waals surface area contributed by atoms with E-state index in [0.717, 1.165) is 36.8 Å². The van der Waals surface area contributed by atoms with Gasteiger partial charge in [-0.05, 0) is 73.4 Å². The Bertz CT molecular complexity index is 493. The van der Waals surface area contributed by atoms with Crippen LogP contribution in [0.3, 0.4) is 0 Å². The van der Waals surface area contributed by atoms with E-state index in [1.807, 2.05) is 30.1 Å². The highest BCUT2D eigenvalue weighted by molar-refractivity contribution is 9.10. The first-order chi connectivity index (χ1) is 10.2. The van der Waals surface area contributed by atoms with Crippen molar-refractivity contribution in [3.05, 3.63) is 28.2 Å². The average molecular weight is 355 g/mol. The lowest BCUT2D eigenvalue weighted by molar-refractivity contribution is 0.0601. The van der Waals surface area contributed by atoms with Crippen LogP contribution in [0.2, 0.25) is 0 Å². The van der Waals surface area contributed by atoms with Gasteiger partial charge in [-0.3, -0.25) is 4.79 Å². The maximum Gasteiger partial charge on any atom is 0.255 e. The average Bonchev–Trinajstić information content (AvgIpc) is 2.53. The SMILES string of the molecule is CNCCC1CCCCN1C(=O)c1cc(OC)ccc1Br. The van der Waals surface area contributed by atoms with Gasteiger partial charge in [-0.15, -0.1) is 0 Å². The highest BCUT2D eigenvalue weighted by atomic mass is 79.9. The molecule has 1 aliphatic heterocycles. The normalized spacial score (nSPS) is 18.6. The van der Waals surface area contributed by atoms with E-state index in [2.05, 4.69) is 21.2 Å². The fourth-order valence-corrected chi connectivity index (χ4v) is 3.25. The monoisotopic (exact) mass is 354 g/mol. The fraction of sp³-hybridized carbons (Fsp3) is 0.562. The Kier molecular flexibility index (Phi) is 6.06. The third-order valence-corrected chi connectivity index (χ3v) is 4.71. The Labute approximate surface area is 135 Å². The number of hydrogen-bond acceptors (Lipinski definition) is 3. The summed E-state index contributed by atoms with van der Waals surface area (Å²) in [6.45, 7) is 1.78. The molecule has 1 fully saturated rings. The highest BCUT2D eigenvalue weighted by Crippen LogP contribution is 2.27. The van der Waals surface area contributed by atoms with Crippen molar-refractivity contribution in [2.75, 3.05) is 27.2 Å². The predicted octanol–water partition coefficient (Wildman–Crippen LogP) is 3.06. The molecule has 4 nitrogen and oxygen atoms in total. The lowest BCUT2D eigenvalue weighted by Crippen LogP contribution is -2.44. The van der Waals surface area contributed by atoms with E-state index in [1.165, 1.54) is 6.42 Å². The van der Waals surface area contributed by atoms with Gasteiger partial charge in [0, 0.05) is 17.1 Å². The van der Waals surface area contributed by atoms with E-state index in [9.17, 15) is 4.79 Å². The summed E-state index contributed by atoms with van der Waals surface area (Å²) in [6, 6.07) is 5.88. The number of likely N-dealkylation sites (tertiary alicyclic amines) is 1. The number of amides is 1. The molecule has 0 radical (unpaired) electrons. The molecule has 5 heteroatoms. The van der Waals surface area contributed by atoms with Gasteiger partial charge in [0.1, 0.15) is 5.75 Å². The fourth-order valence-electron chi connectivity index (χ4n) is 2.83. The summed E-state index contributed by atoms with van der Waals surface area (Å²) in [5.74, 6) is 0.812. The molecule has 1 amide bonds. The van der Waals surface area contributed by atoms with Crippen LogP contribution in [0.15, 0.2) is 22.7 Å². The molecular formula is C16H23BrN2O2. The van der Waals surface area contributed by atoms with E-state index in [4.69, 9.17) is 4.74 Å². The van der Waals surface area contributed by atoms with Gasteiger partial charge < -0.3 is 15.0 Å². The number of nitrogens with zero attached hydrogens (tertiary/aromatic N) is 1. The summed E-state index contributed by atoms with van der Waals surface area (Å²) in [4.78, 5) is 14.9. The number of piperidine rings is 1. The Morgan fingerprint density at radius 3 is 3.00 bits per heavy atom. The zero-order valence-corrected chi connectivity index (χ0v) is 14.3. The molecule has 2 rings (SSSR count). The molecule has 1 N–H and O–H groups in total. The van der Waals surface area contributed by atoms with Crippen LogP contribution >= 0.6 is 15.9 Å². The van der Waals surface area contributed by atoms with Crippen LogP contribution in [0.1, 0.15) is 36.0 Å². The van der Waals surface area contributed by atoms with Gasteiger partial charge in [0.15, 0.2) is 0 Å². The first-order valence-electron chi connectivity index (χ1n) is 7.46. The third kappa shape index (κ3) is 3.98. The van der Waals surface area contributed by atoms with Gasteiger partial charge in [-0.25, -0.2) is 0 Å². The minimum Gasteiger partial charge on any atom is -0.497 e. The lowest BCUT2D eigenvalue weighted by Gasteiger charge is -2.36. The largest absolute Gasteiger partial charge is 0.497 e. The number of methoxy groups -OCH3 is 1. The molecule has 21 heavy (non-hydrogen) atoms. The van der Waals surface area contributed by atoms with Crippen LogP contribution in [0.5, 0.6) is 5.75 Å². The van der Waals surface area contributed by atoms with E-state index in [0.29, 0.717) is 17.4 Å². The number of carbonyl (C=O) groups is 1. The van der Waals surface area contributed by atoms with E-state index >= 15 is 0 Å². The molecule has 116 valence electrons. The first-order valence-corrected chi connectivity index (χ1v) is 8.25. The van der Waals surface area contributed by atoms with Gasteiger partial charge in [0.05, 0.1) is 12.7 Å². The Hall–Kier alpha value is -1.07. The van der Waals surface area contributed by atoms with Crippen molar-refractivity contribution in [2.45, 2.75) is 31.7 Å². The number of hydrogen-bond donors (Lipinski definition) is 1. The van der Waals surface area contributed by atoms with Crippen molar-refractivity contribution >= 4 is 21.8 Å². The van der Waals surface area contributed by atoms with E-state index in [-0.39, 0.29) is 5.91 Å². The van der Waals surface area contributed by atoms with Crippen LogP contribution in [0.25, 0.3) is 0 Å². The van der Waals surface area contributed by atoms with Crippen molar-refractivity contribution in [1.29, 1.82) is 0 Å². The van der Waals surface area contributed by atoms with E-state index in [1.54, 1.807) is 7.11 Å². The molecule has 0 aliphatic carbocycles. The molecule has 1 aliphatic rings. The number of ether oxygens (including phenoxy) is 1. The maximum absolute atomic E-state index is 12.9. The highest BCUT2D eigenvalue weighted by Gasteiger charge is 2.28. The van der Waals surface area contributed by atoms with Gasteiger partial charge in [0.2, 0.25) is 0 Å². The molecule has 0 aromatic heterocycles. The summed E-state index contributed by atoms with van der Waals surface area (Å²) < 4.78 is 6.06. The van der Waals surface area contributed by atoms with Crippen LogP contribution in [0, 0.1) is 0 Å². The molecule has 0 saturated carbocycles. The van der Waals surface area contributed by atoms with Gasteiger partial charge >= 0.3 is 0 Å². The minimum atomic E-state index is 0.0987. The van der Waals surface area contributed by atoms with Crippen LogP contribution in [-0.2, 0) is 0 Å². The summed E-state index contributed by atoms with van der Waals surface area (Å²) in [6.07, 6.45) is 4.39. The summed E-state index contributed by atoms with van der Waals surface area (Å²) in [5.41, 5.74) is 0.686. The predicted molar refractivity (Wildman–Crippen MR) is 87.9 cm³/mol. The quantitative estimate of drug-likeness (QED) is 0.883. The lowest BCUT2D eigenvalue weighted by atomic mass is 9.98. The molecular weight excluding hydrogens is 332 g/mol. The van der Waals surface area contributed by atoms with Crippen LogP contribution < -0.4 is 10.1 Å². The maximum atomic E-state index is 12.9. The molecule has 1 saturated heterocycles. The smallest absolute Gasteiger partial charge is 0.255 e. The molecule has 1 aromatic carbocycles. The Morgan fingerprint density at radius 1 is 1.48 bits per heavy atom. The van der Waals surface area contributed by atoms with Crippen molar-refractivity contribution < 1.29 is 9.53 Å². The zero-order chi connectivity index (χ0) is 15.2. The standard InChI is InChI=1S/C16H23BrN2O2/c1-18-9-8-12-5-3-4-10-19(12)16(20)14-11-13(21-2)6-7-15(14)17/h6-7,11-12,18H,3-5,8-10H2,1-2H3. The van der Waals surface area contributed by atoms with Crippen molar-refractivity contribution in [3.63, 3.8) is 0 Å². The number of halogens is 1. The summed E-state index contributed by atoms with van der Waals surface area (Å²) in [5, 5.41) is 3.18. The first kappa shape index (κ1) is 16.3. The number of nitrogens with one attached hydrogen (secondary N) is 1. The molecule has 0 spiro atoms. The van der Waals surface area contributed by atoms with E-state index < -0.39 is 0 Å². The number of benzene rings is 1. The van der Waals surface area contributed by atoms with Crippen LogP contribution in [-0.4, -0.2) is 44.1 Å². The summed E-state index contributed by atoms with van der Waals surface area (Å²) in [7, 11) is 3.57. The second-order valence-electron chi connectivity index (χ2n) is 5.39. The van der Waals surface area contributed by atoms with Crippen molar-refractivity contribution in [3.8, 4) is 5.75 Å². The Balaban J connectivity index is 2.20. The second kappa shape index (κ2) is 7.80. The topological polar surface area (TPSA) is 41.6 Å². The molecule has 1 atom stereocenters. The van der Waals surface area contributed by atoms with Crippen molar-refractivity contribution in [1.82, 2.24) is 10.2 Å². The van der Waals surface area contributed by atoms with Gasteiger partial charge in [0.25, 0.3) is 5.91 Å². The van der Waals surface area contributed by atoms with Crippen LogP contribution in [0.4, 0.5) is 0 Å². The van der Waals surface area contributed by atoms with Crippen molar-refractivity contribution in [2.24, 2.45) is 0 Å². The second-order valence-corrected chi connectivity index (χ2v) is 6.24. The number of carbonyl (C=O) groups excluding carboxylic acids is 1. The zero-order valence-electron chi connectivity index (χ0n) is 12.7. The van der Waals surface area contributed by atoms with Gasteiger partial charge in [-0.2, -0.15) is 0 Å². The minimum absolute atomic E-state index is 0.0987. The summed E-state index contributed by atoms with van der Waals surface area (Å²) >= 11 is 3.48. The number of rotatable bonds is 5.